The molecule has 3 rings (SSSR count). The molecule has 0 unspecified atom stereocenters. The molecule has 0 aromatic heterocycles. The van der Waals surface area contributed by atoms with Gasteiger partial charge in [-0.3, -0.25) is 9.59 Å². The van der Waals surface area contributed by atoms with Crippen LogP contribution in [0.1, 0.15) is 48.5 Å². The number of nitrogens with one attached hydrogen (secondary N) is 1. The zero-order valence-corrected chi connectivity index (χ0v) is 19.5. The minimum Gasteiger partial charge on any atom is -0.369 e. The summed E-state index contributed by atoms with van der Waals surface area (Å²) in [5.41, 5.74) is 6.86. The number of rotatable bonds is 8. The molecule has 0 heterocycles. The normalized spacial score (nSPS) is 19.0. The van der Waals surface area contributed by atoms with Crippen LogP contribution in [-0.2, 0) is 21.4 Å². The van der Waals surface area contributed by atoms with Crippen molar-refractivity contribution in [2.24, 2.45) is 11.7 Å². The second-order valence-electron chi connectivity index (χ2n) is 7.92. The van der Waals surface area contributed by atoms with Gasteiger partial charge in [-0.25, -0.2) is 8.42 Å². The second kappa shape index (κ2) is 10.5. The van der Waals surface area contributed by atoms with E-state index in [-0.39, 0.29) is 17.3 Å². The summed E-state index contributed by atoms with van der Waals surface area (Å²) in [5, 5.41) is 3.17. The summed E-state index contributed by atoms with van der Waals surface area (Å²) in [6.07, 6.45) is 2.76. The summed E-state index contributed by atoms with van der Waals surface area (Å²) in [5.74, 6) is -1.23. The van der Waals surface area contributed by atoms with Crippen LogP contribution in [0.25, 0.3) is 0 Å². The highest BCUT2D eigenvalue weighted by molar-refractivity contribution is 7.89. The van der Waals surface area contributed by atoms with Crippen molar-refractivity contribution in [1.82, 2.24) is 9.62 Å². The molecule has 0 bridgehead atoms. The number of primary amides is 1. The van der Waals surface area contributed by atoms with Crippen LogP contribution in [-0.4, -0.2) is 37.1 Å². The highest BCUT2D eigenvalue weighted by Gasteiger charge is 2.40. The quantitative estimate of drug-likeness (QED) is 0.607. The maximum atomic E-state index is 13.6. The van der Waals surface area contributed by atoms with Crippen molar-refractivity contribution in [1.29, 1.82) is 0 Å². The Labute approximate surface area is 194 Å². The van der Waals surface area contributed by atoms with Gasteiger partial charge in [-0.05, 0) is 61.7 Å². The third-order valence-electron chi connectivity index (χ3n) is 5.78. The number of carbonyl (C=O) groups is 2. The van der Waals surface area contributed by atoms with E-state index >= 15 is 0 Å². The van der Waals surface area contributed by atoms with Crippen molar-refractivity contribution in [2.75, 3.05) is 6.54 Å². The maximum Gasteiger partial charge on any atom is 0.251 e. The first-order valence-electron chi connectivity index (χ1n) is 10.7. The zero-order valence-electron chi connectivity index (χ0n) is 18.0. The Kier molecular flexibility index (Phi) is 7.92. The molecule has 1 saturated carbocycles. The minimum absolute atomic E-state index is 0.0646. The fourth-order valence-corrected chi connectivity index (χ4v) is 5.92. The summed E-state index contributed by atoms with van der Waals surface area (Å²) in [6.45, 7) is 2.42. The Bertz CT molecular complexity index is 1060. The summed E-state index contributed by atoms with van der Waals surface area (Å²) in [6, 6.07) is 12.2. The molecule has 7 nitrogen and oxygen atoms in total. The average molecular weight is 478 g/mol. The smallest absolute Gasteiger partial charge is 0.251 e. The van der Waals surface area contributed by atoms with Crippen molar-refractivity contribution in [3.8, 4) is 0 Å². The van der Waals surface area contributed by atoms with Gasteiger partial charge in [0.15, 0.2) is 0 Å². The van der Waals surface area contributed by atoms with Crippen LogP contribution < -0.4 is 11.1 Å². The lowest BCUT2D eigenvalue weighted by Gasteiger charge is -2.38. The predicted octanol–water partition coefficient (Wildman–Crippen LogP) is 3.32. The van der Waals surface area contributed by atoms with Gasteiger partial charge in [0.05, 0.1) is 10.8 Å². The maximum absolute atomic E-state index is 13.6. The van der Waals surface area contributed by atoms with Gasteiger partial charge in [0, 0.05) is 29.7 Å². The number of sulfonamides is 1. The fraction of sp³-hybridized carbons (Fsp3) is 0.391. The molecule has 2 amide bonds. The van der Waals surface area contributed by atoms with Crippen molar-refractivity contribution >= 4 is 33.4 Å². The molecule has 0 aliphatic heterocycles. The Morgan fingerprint density at radius 2 is 1.69 bits per heavy atom. The Morgan fingerprint density at radius 1 is 1.06 bits per heavy atom. The summed E-state index contributed by atoms with van der Waals surface area (Å²) < 4.78 is 28.7. The van der Waals surface area contributed by atoms with Gasteiger partial charge in [-0.1, -0.05) is 36.6 Å². The van der Waals surface area contributed by atoms with Gasteiger partial charge >= 0.3 is 0 Å². The van der Waals surface area contributed by atoms with Gasteiger partial charge in [0.25, 0.3) is 5.91 Å². The van der Waals surface area contributed by atoms with Gasteiger partial charge in [-0.15, -0.1) is 0 Å². The lowest BCUT2D eigenvalue weighted by atomic mass is 9.84. The molecule has 1 aliphatic rings. The molecule has 9 heteroatoms. The molecule has 2 atom stereocenters. The zero-order chi connectivity index (χ0) is 23.3. The van der Waals surface area contributed by atoms with E-state index < -0.39 is 27.9 Å². The van der Waals surface area contributed by atoms with E-state index in [1.807, 2.05) is 6.92 Å². The van der Waals surface area contributed by atoms with Crippen LogP contribution in [0.5, 0.6) is 0 Å². The monoisotopic (exact) mass is 477 g/mol. The topological polar surface area (TPSA) is 110 Å². The van der Waals surface area contributed by atoms with E-state index in [0.29, 0.717) is 35.5 Å². The Balaban J connectivity index is 1.97. The number of carbonyl (C=O) groups excluding carboxylic acids is 2. The summed E-state index contributed by atoms with van der Waals surface area (Å²) in [4.78, 5) is 24.3. The first-order valence-corrected chi connectivity index (χ1v) is 12.5. The first kappa shape index (κ1) is 24.2. The molecule has 1 fully saturated rings. The highest BCUT2D eigenvalue weighted by atomic mass is 35.5. The Hall–Kier alpha value is -2.42. The van der Waals surface area contributed by atoms with Crippen LogP contribution in [0, 0.1) is 5.92 Å². The largest absolute Gasteiger partial charge is 0.369 e. The minimum atomic E-state index is -3.93. The van der Waals surface area contributed by atoms with Crippen LogP contribution in [0.15, 0.2) is 53.4 Å². The van der Waals surface area contributed by atoms with Crippen molar-refractivity contribution in [2.45, 2.75) is 50.1 Å². The number of hydrogen-bond donors (Lipinski definition) is 2. The summed E-state index contributed by atoms with van der Waals surface area (Å²) in [7, 11) is -3.93. The third kappa shape index (κ3) is 5.49. The van der Waals surface area contributed by atoms with Gasteiger partial charge < -0.3 is 11.1 Å². The molecule has 2 aromatic carbocycles. The molecular weight excluding hydrogens is 450 g/mol. The molecule has 32 heavy (non-hydrogen) atoms. The molecular formula is C23H28ClN3O4S. The number of halogens is 1. The SMILES string of the molecule is CCNC(=O)c1ccc(CN([C@@H]2CCCC[C@H]2C(N)=O)S(=O)(=O)c2ccc(Cl)cc2)cc1. The van der Waals surface area contributed by atoms with E-state index in [2.05, 4.69) is 5.32 Å². The fourth-order valence-electron chi connectivity index (χ4n) is 4.11. The lowest BCUT2D eigenvalue weighted by Crippen LogP contribution is -2.49. The molecule has 3 N–H and O–H groups in total. The number of nitrogens with zero attached hydrogens (tertiary/aromatic N) is 1. The number of amides is 2. The Morgan fingerprint density at radius 3 is 2.28 bits per heavy atom. The highest BCUT2D eigenvalue weighted by Crippen LogP contribution is 2.33. The molecule has 2 aromatic rings. The van der Waals surface area contributed by atoms with Gasteiger partial charge in [-0.2, -0.15) is 4.31 Å². The standard InChI is InChI=1S/C23H28ClN3O4S/c1-2-26-23(29)17-9-7-16(8-10-17)15-27(21-6-4-3-5-20(21)22(25)28)32(30,31)19-13-11-18(24)12-14-19/h7-14,20-21H,2-6,15H2,1H3,(H2,25,28)(H,26,29)/t20-,21-/m1/s1. The lowest BCUT2D eigenvalue weighted by molar-refractivity contribution is -0.124. The van der Waals surface area contributed by atoms with E-state index in [1.165, 1.54) is 28.6 Å². The van der Waals surface area contributed by atoms with E-state index in [9.17, 15) is 18.0 Å². The van der Waals surface area contributed by atoms with Crippen LogP contribution in [0.4, 0.5) is 0 Å². The van der Waals surface area contributed by atoms with E-state index in [0.717, 1.165) is 12.8 Å². The number of nitrogens with two attached hydrogens (primary N) is 1. The van der Waals surface area contributed by atoms with Crippen molar-refractivity contribution < 1.29 is 18.0 Å². The van der Waals surface area contributed by atoms with Crippen molar-refractivity contribution in [3.05, 3.63) is 64.7 Å². The number of hydrogen-bond acceptors (Lipinski definition) is 4. The predicted molar refractivity (Wildman–Crippen MR) is 124 cm³/mol. The molecule has 172 valence electrons. The number of benzene rings is 2. The first-order chi connectivity index (χ1) is 15.2. The van der Waals surface area contributed by atoms with Crippen molar-refractivity contribution in [3.63, 3.8) is 0 Å². The average Bonchev–Trinajstić information content (AvgIpc) is 2.78. The second-order valence-corrected chi connectivity index (χ2v) is 10.2. The van der Waals surface area contributed by atoms with Crippen LogP contribution in [0.3, 0.4) is 0 Å². The third-order valence-corrected chi connectivity index (χ3v) is 7.91. The van der Waals surface area contributed by atoms with E-state index in [4.69, 9.17) is 17.3 Å². The molecule has 0 radical (unpaired) electrons. The summed E-state index contributed by atoms with van der Waals surface area (Å²) >= 11 is 5.95. The molecule has 0 spiro atoms. The van der Waals surface area contributed by atoms with Gasteiger partial charge in [0.1, 0.15) is 0 Å². The van der Waals surface area contributed by atoms with Crippen LogP contribution in [0.2, 0.25) is 5.02 Å². The van der Waals surface area contributed by atoms with Gasteiger partial charge in [0.2, 0.25) is 15.9 Å². The molecule has 0 saturated heterocycles. The van der Waals surface area contributed by atoms with E-state index in [1.54, 1.807) is 24.3 Å². The van der Waals surface area contributed by atoms with Crippen LogP contribution >= 0.6 is 11.6 Å². The molecule has 1 aliphatic carbocycles.